The lowest BCUT2D eigenvalue weighted by molar-refractivity contribution is 0.122. The van der Waals surface area contributed by atoms with Crippen LogP contribution >= 0.6 is 0 Å². The molecule has 0 saturated carbocycles. The highest BCUT2D eigenvalue weighted by Crippen LogP contribution is 2.35. The number of fused-ring (bicyclic) bond motifs is 1. The molecule has 80 valence electrons. The van der Waals surface area contributed by atoms with E-state index in [1.165, 1.54) is 5.69 Å². The van der Waals surface area contributed by atoms with Crippen LogP contribution in [0.15, 0.2) is 18.2 Å². The highest BCUT2D eigenvalue weighted by Gasteiger charge is 2.17. The summed E-state index contributed by atoms with van der Waals surface area (Å²) in [6.45, 7) is 3.82. The molecule has 0 amide bonds. The van der Waals surface area contributed by atoms with Gasteiger partial charge in [-0.25, -0.2) is 0 Å². The van der Waals surface area contributed by atoms with Crippen molar-refractivity contribution in [2.45, 2.75) is 0 Å². The monoisotopic (exact) mass is 207 g/mol. The van der Waals surface area contributed by atoms with Crippen LogP contribution < -0.4 is 14.4 Å². The Hall–Kier alpha value is -1.42. The summed E-state index contributed by atoms with van der Waals surface area (Å²) in [6, 6.07) is 6.07. The Morgan fingerprint density at radius 3 is 2.67 bits per heavy atom. The maximum atomic E-state index is 5.35. The van der Waals surface area contributed by atoms with Crippen molar-refractivity contribution < 1.29 is 14.2 Å². The second-order valence-electron chi connectivity index (χ2n) is 3.64. The number of nitrogens with zero attached hydrogens (tertiary/aromatic N) is 1. The van der Waals surface area contributed by atoms with Gasteiger partial charge in [0, 0.05) is 24.8 Å². The molecule has 4 heteroatoms. The van der Waals surface area contributed by atoms with E-state index >= 15 is 0 Å². The number of hydrogen-bond donors (Lipinski definition) is 0. The van der Waals surface area contributed by atoms with Gasteiger partial charge in [-0.3, -0.25) is 0 Å². The van der Waals surface area contributed by atoms with Gasteiger partial charge in [0.25, 0.3) is 0 Å². The molecule has 2 heterocycles. The molecule has 0 radical (unpaired) electrons. The minimum atomic E-state index is 0.335. The first kappa shape index (κ1) is 8.85. The number of morpholine rings is 1. The first-order valence-electron chi connectivity index (χ1n) is 5.16. The molecule has 0 spiro atoms. The number of benzene rings is 1. The molecule has 1 aromatic rings. The van der Waals surface area contributed by atoms with Crippen molar-refractivity contribution >= 4 is 5.69 Å². The van der Waals surface area contributed by atoms with Crippen LogP contribution in [-0.4, -0.2) is 33.1 Å². The van der Waals surface area contributed by atoms with Crippen LogP contribution in [0.2, 0.25) is 0 Å². The van der Waals surface area contributed by atoms with Crippen LogP contribution in [0.4, 0.5) is 5.69 Å². The topological polar surface area (TPSA) is 30.9 Å². The van der Waals surface area contributed by atoms with Crippen molar-refractivity contribution in [2.75, 3.05) is 38.0 Å². The van der Waals surface area contributed by atoms with E-state index in [4.69, 9.17) is 14.2 Å². The molecule has 2 aliphatic heterocycles. The Morgan fingerprint density at radius 1 is 1.00 bits per heavy atom. The normalized spacial score (nSPS) is 19.3. The zero-order chi connectivity index (χ0) is 10.1. The molecule has 1 fully saturated rings. The maximum Gasteiger partial charge on any atom is 0.231 e. The van der Waals surface area contributed by atoms with Crippen LogP contribution in [0, 0.1) is 0 Å². The van der Waals surface area contributed by atoms with Gasteiger partial charge in [0.05, 0.1) is 13.2 Å². The largest absolute Gasteiger partial charge is 0.454 e. The van der Waals surface area contributed by atoms with Gasteiger partial charge in [0.15, 0.2) is 11.5 Å². The Bertz CT molecular complexity index is 361. The lowest BCUT2D eigenvalue weighted by Crippen LogP contribution is -2.36. The molecule has 15 heavy (non-hydrogen) atoms. The van der Waals surface area contributed by atoms with Crippen LogP contribution in [0.1, 0.15) is 0 Å². The van der Waals surface area contributed by atoms with Crippen molar-refractivity contribution in [3.8, 4) is 11.5 Å². The SMILES string of the molecule is c1cc2c(cc1N1CCOCC1)OCO2. The van der Waals surface area contributed by atoms with Gasteiger partial charge in [0.1, 0.15) is 0 Å². The molecule has 0 aliphatic carbocycles. The van der Waals surface area contributed by atoms with E-state index in [-0.39, 0.29) is 0 Å². The zero-order valence-corrected chi connectivity index (χ0v) is 8.44. The third-order valence-corrected chi connectivity index (χ3v) is 2.73. The average Bonchev–Trinajstić information content (AvgIpc) is 2.77. The maximum absolute atomic E-state index is 5.35. The predicted molar refractivity (Wildman–Crippen MR) is 55.6 cm³/mol. The number of anilines is 1. The van der Waals surface area contributed by atoms with Crippen LogP contribution in [-0.2, 0) is 4.74 Å². The number of hydrogen-bond acceptors (Lipinski definition) is 4. The van der Waals surface area contributed by atoms with E-state index in [9.17, 15) is 0 Å². The summed E-state index contributed by atoms with van der Waals surface area (Å²) in [5.41, 5.74) is 1.18. The van der Waals surface area contributed by atoms with E-state index in [1.54, 1.807) is 0 Å². The van der Waals surface area contributed by atoms with Crippen LogP contribution in [0.5, 0.6) is 11.5 Å². The molecule has 0 N–H and O–H groups in total. The summed E-state index contributed by atoms with van der Waals surface area (Å²) in [6.07, 6.45) is 0. The summed E-state index contributed by atoms with van der Waals surface area (Å²) < 4.78 is 15.9. The van der Waals surface area contributed by atoms with Crippen molar-refractivity contribution in [3.63, 3.8) is 0 Å². The smallest absolute Gasteiger partial charge is 0.231 e. The Labute approximate surface area is 88.3 Å². The van der Waals surface area contributed by atoms with Gasteiger partial charge in [-0.05, 0) is 12.1 Å². The van der Waals surface area contributed by atoms with Crippen molar-refractivity contribution in [1.82, 2.24) is 0 Å². The Balaban J connectivity index is 1.85. The van der Waals surface area contributed by atoms with Gasteiger partial charge >= 0.3 is 0 Å². The predicted octanol–water partition coefficient (Wildman–Crippen LogP) is 1.25. The van der Waals surface area contributed by atoms with E-state index in [0.29, 0.717) is 6.79 Å². The Morgan fingerprint density at radius 2 is 1.80 bits per heavy atom. The number of rotatable bonds is 1. The van der Waals surface area contributed by atoms with Gasteiger partial charge < -0.3 is 19.1 Å². The van der Waals surface area contributed by atoms with Gasteiger partial charge in [-0.1, -0.05) is 0 Å². The molecule has 0 aromatic heterocycles. The summed E-state index contributed by atoms with van der Waals surface area (Å²) in [5.74, 6) is 1.69. The molecule has 1 saturated heterocycles. The van der Waals surface area contributed by atoms with E-state index < -0.39 is 0 Å². The molecular weight excluding hydrogens is 194 g/mol. The zero-order valence-electron chi connectivity index (χ0n) is 8.44. The molecule has 1 aromatic carbocycles. The first-order chi connectivity index (χ1) is 7.43. The molecule has 3 rings (SSSR count). The third kappa shape index (κ3) is 1.61. The lowest BCUT2D eigenvalue weighted by Gasteiger charge is -2.28. The van der Waals surface area contributed by atoms with Crippen molar-refractivity contribution in [2.24, 2.45) is 0 Å². The standard InChI is InChI=1S/C11H13NO3/c1-2-10-11(15-8-14-10)7-9(1)12-3-5-13-6-4-12/h1-2,7H,3-6,8H2. The molecule has 0 bridgehead atoms. The molecule has 0 unspecified atom stereocenters. The molecule has 4 nitrogen and oxygen atoms in total. The fourth-order valence-corrected chi connectivity index (χ4v) is 1.90. The minimum absolute atomic E-state index is 0.335. The summed E-state index contributed by atoms with van der Waals surface area (Å²) in [4.78, 5) is 2.30. The van der Waals surface area contributed by atoms with Gasteiger partial charge in [0.2, 0.25) is 6.79 Å². The minimum Gasteiger partial charge on any atom is -0.454 e. The highest BCUT2D eigenvalue weighted by atomic mass is 16.7. The highest BCUT2D eigenvalue weighted by molar-refractivity contribution is 5.57. The van der Waals surface area contributed by atoms with E-state index in [0.717, 1.165) is 37.8 Å². The fourth-order valence-electron chi connectivity index (χ4n) is 1.90. The number of ether oxygens (including phenoxy) is 3. The second-order valence-corrected chi connectivity index (χ2v) is 3.64. The summed E-state index contributed by atoms with van der Waals surface area (Å²) in [7, 11) is 0. The first-order valence-corrected chi connectivity index (χ1v) is 5.16. The fraction of sp³-hybridized carbons (Fsp3) is 0.455. The second kappa shape index (κ2) is 3.62. The third-order valence-electron chi connectivity index (χ3n) is 2.73. The lowest BCUT2D eigenvalue weighted by atomic mass is 10.2. The van der Waals surface area contributed by atoms with Gasteiger partial charge in [-0.15, -0.1) is 0 Å². The average molecular weight is 207 g/mol. The van der Waals surface area contributed by atoms with E-state index in [1.807, 2.05) is 12.1 Å². The van der Waals surface area contributed by atoms with Crippen molar-refractivity contribution in [3.05, 3.63) is 18.2 Å². The van der Waals surface area contributed by atoms with Gasteiger partial charge in [-0.2, -0.15) is 0 Å². The molecule has 2 aliphatic rings. The van der Waals surface area contributed by atoms with Crippen molar-refractivity contribution in [1.29, 1.82) is 0 Å². The molecular formula is C11H13NO3. The van der Waals surface area contributed by atoms with Crippen LogP contribution in [0.3, 0.4) is 0 Å². The molecule has 0 atom stereocenters. The quantitative estimate of drug-likeness (QED) is 0.693. The summed E-state index contributed by atoms with van der Waals surface area (Å²) >= 11 is 0. The summed E-state index contributed by atoms with van der Waals surface area (Å²) in [5, 5.41) is 0. The Kier molecular flexibility index (Phi) is 2.14. The van der Waals surface area contributed by atoms with Crippen LogP contribution in [0.25, 0.3) is 0 Å². The van der Waals surface area contributed by atoms with E-state index in [2.05, 4.69) is 11.0 Å².